The highest BCUT2D eigenvalue weighted by atomic mass is 32.2. The second-order valence-corrected chi connectivity index (χ2v) is 7.70. The van der Waals surface area contributed by atoms with Gasteiger partial charge in [-0.1, -0.05) is 26.8 Å². The lowest BCUT2D eigenvalue weighted by molar-refractivity contribution is -0.182. The first-order valence-electron chi connectivity index (χ1n) is 7.06. The number of ether oxygens (including phenoxy) is 1. The van der Waals surface area contributed by atoms with E-state index in [1.165, 1.54) is 0 Å². The summed E-state index contributed by atoms with van der Waals surface area (Å²) in [4.78, 5) is 27.0. The first-order chi connectivity index (χ1) is 9.70. The van der Waals surface area contributed by atoms with Crippen LogP contribution < -0.4 is 0 Å². The van der Waals surface area contributed by atoms with Crippen LogP contribution in [-0.2, 0) is 14.3 Å². The highest BCUT2D eigenvalue weighted by molar-refractivity contribution is 8.00. The zero-order valence-corrected chi connectivity index (χ0v) is 14.2. The van der Waals surface area contributed by atoms with E-state index in [-0.39, 0.29) is 17.1 Å². The molecule has 2 rings (SSSR count). The number of fused-ring (bicyclic) bond motifs is 1. The molecule has 0 unspecified atom stereocenters. The van der Waals surface area contributed by atoms with Crippen LogP contribution in [0.3, 0.4) is 0 Å². The first kappa shape index (κ1) is 16.3. The Morgan fingerprint density at radius 3 is 2.67 bits per heavy atom. The van der Waals surface area contributed by atoms with Gasteiger partial charge < -0.3 is 4.74 Å². The number of allylic oxidation sites excluding steroid dienone is 1. The predicted octanol–water partition coefficient (Wildman–Crippen LogP) is 2.75. The Balaban J connectivity index is 2.41. The molecule has 116 valence electrons. The lowest BCUT2D eigenvalue weighted by Gasteiger charge is -2.57. The number of carbonyl (C=O) groups excluding carboxylic acids is 2. The van der Waals surface area contributed by atoms with Gasteiger partial charge in [-0.25, -0.2) is 0 Å². The number of ketones is 1. The molecule has 0 aromatic heterocycles. The molecule has 0 aromatic rings. The zero-order chi connectivity index (χ0) is 16.0. The maximum Gasteiger partial charge on any atom is 0.263 e. The quantitative estimate of drug-likeness (QED) is 0.592. The van der Waals surface area contributed by atoms with Gasteiger partial charge in [0.05, 0.1) is 5.70 Å². The molecule has 2 aliphatic heterocycles. The second-order valence-electron chi connectivity index (χ2n) is 6.63. The van der Waals surface area contributed by atoms with Crippen molar-refractivity contribution in [2.45, 2.75) is 45.1 Å². The molecule has 1 fully saturated rings. The topological polar surface area (TPSA) is 46.6 Å². The third kappa shape index (κ3) is 2.27. The Bertz CT molecular complexity index is 532. The smallest absolute Gasteiger partial charge is 0.263 e. The molecule has 21 heavy (non-hydrogen) atoms. The highest BCUT2D eigenvalue weighted by Crippen LogP contribution is 2.50. The molecule has 1 amide bonds. The fraction of sp³-hybridized carbons (Fsp3) is 0.625. The predicted molar refractivity (Wildman–Crippen MR) is 84.8 cm³/mol. The van der Waals surface area contributed by atoms with Crippen LogP contribution in [0.2, 0.25) is 0 Å². The fourth-order valence-electron chi connectivity index (χ4n) is 2.80. The van der Waals surface area contributed by atoms with Crippen molar-refractivity contribution >= 4 is 23.5 Å². The Labute approximate surface area is 130 Å². The van der Waals surface area contributed by atoms with Crippen LogP contribution in [0, 0.1) is 5.41 Å². The monoisotopic (exact) mass is 309 g/mol. The first-order valence-corrected chi connectivity index (χ1v) is 8.11. The summed E-state index contributed by atoms with van der Waals surface area (Å²) in [6.45, 7) is 11.3. The number of hydrogen-bond donors (Lipinski definition) is 0. The minimum Gasteiger partial charge on any atom is -0.365 e. The van der Waals surface area contributed by atoms with Crippen molar-refractivity contribution in [1.29, 1.82) is 0 Å². The molecule has 2 aliphatic rings. The van der Waals surface area contributed by atoms with E-state index in [0.717, 1.165) is 11.3 Å². The van der Waals surface area contributed by atoms with Crippen molar-refractivity contribution in [3.63, 3.8) is 0 Å². The number of methoxy groups -OCH3 is 1. The average Bonchev–Trinajstić information content (AvgIpc) is 2.42. The summed E-state index contributed by atoms with van der Waals surface area (Å²) in [5, 5.41) is -0.141. The Kier molecular flexibility index (Phi) is 4.10. The van der Waals surface area contributed by atoms with E-state index >= 15 is 0 Å². The fourth-order valence-corrected chi connectivity index (χ4v) is 4.25. The van der Waals surface area contributed by atoms with Crippen molar-refractivity contribution in [3.05, 3.63) is 23.9 Å². The van der Waals surface area contributed by atoms with Gasteiger partial charge in [-0.3, -0.25) is 14.5 Å². The number of carbonyl (C=O) groups is 2. The van der Waals surface area contributed by atoms with Crippen molar-refractivity contribution < 1.29 is 14.3 Å². The minimum atomic E-state index is -0.865. The van der Waals surface area contributed by atoms with Crippen molar-refractivity contribution in [2.75, 3.05) is 12.9 Å². The summed E-state index contributed by atoms with van der Waals surface area (Å²) in [6.07, 6.45) is 2.17. The summed E-state index contributed by atoms with van der Waals surface area (Å²) in [5.41, 5.74) is 0.157. The Morgan fingerprint density at radius 1 is 1.57 bits per heavy atom. The van der Waals surface area contributed by atoms with E-state index in [1.54, 1.807) is 29.8 Å². The molecule has 0 bridgehead atoms. The molecule has 0 aromatic carbocycles. The van der Waals surface area contributed by atoms with Crippen LogP contribution in [0.25, 0.3) is 0 Å². The van der Waals surface area contributed by atoms with Crippen molar-refractivity contribution in [1.82, 2.24) is 4.90 Å². The number of β-lactam (4-membered cyclic amide) rings is 1. The van der Waals surface area contributed by atoms with Crippen LogP contribution in [0.5, 0.6) is 0 Å². The number of Topliss-reactive ketones (excluding diaryl/α,β-unsaturated/α-hetero) is 1. The summed E-state index contributed by atoms with van der Waals surface area (Å²) in [6, 6.07) is 0. The van der Waals surface area contributed by atoms with Gasteiger partial charge in [0.15, 0.2) is 11.4 Å². The summed E-state index contributed by atoms with van der Waals surface area (Å²) in [7, 11) is 1.55. The van der Waals surface area contributed by atoms with E-state index in [2.05, 4.69) is 6.58 Å². The van der Waals surface area contributed by atoms with Crippen molar-refractivity contribution in [3.8, 4) is 0 Å². The standard InChI is InChI=1S/C16H23NO3S/c1-7-8-16(20-6)13(19)17-11(12(18)15(3,4)5)10(2)9-21-14(16)17/h7,14H,1,8-9H2,2-6H3/t14-,16-/m1/s1. The van der Waals surface area contributed by atoms with E-state index in [1.807, 2.05) is 27.7 Å². The molecular formula is C16H23NO3S. The third-order valence-corrected chi connectivity index (χ3v) is 5.53. The number of hydrogen-bond acceptors (Lipinski definition) is 4. The molecule has 4 nitrogen and oxygen atoms in total. The van der Waals surface area contributed by atoms with Gasteiger partial charge in [0.2, 0.25) is 0 Å². The number of thioether (sulfide) groups is 1. The normalized spacial score (nSPS) is 29.1. The Morgan fingerprint density at radius 2 is 2.19 bits per heavy atom. The summed E-state index contributed by atoms with van der Waals surface area (Å²) < 4.78 is 5.53. The molecule has 0 N–H and O–H groups in total. The summed E-state index contributed by atoms with van der Waals surface area (Å²) in [5.74, 6) is 0.629. The van der Waals surface area contributed by atoms with Gasteiger partial charge in [0.25, 0.3) is 5.91 Å². The van der Waals surface area contributed by atoms with Crippen LogP contribution in [-0.4, -0.2) is 40.4 Å². The van der Waals surface area contributed by atoms with Gasteiger partial charge in [-0.05, 0) is 12.5 Å². The molecule has 2 heterocycles. The maximum atomic E-state index is 12.7. The molecular weight excluding hydrogens is 286 g/mol. The molecule has 0 spiro atoms. The molecule has 1 saturated heterocycles. The van der Waals surface area contributed by atoms with Gasteiger partial charge >= 0.3 is 0 Å². The number of amides is 1. The van der Waals surface area contributed by atoms with E-state index in [9.17, 15) is 9.59 Å². The second kappa shape index (κ2) is 5.29. The van der Waals surface area contributed by atoms with Gasteiger partial charge in [-0.15, -0.1) is 18.3 Å². The molecule has 5 heteroatoms. The largest absolute Gasteiger partial charge is 0.365 e. The van der Waals surface area contributed by atoms with E-state index < -0.39 is 11.0 Å². The number of rotatable bonds is 4. The van der Waals surface area contributed by atoms with E-state index in [4.69, 9.17) is 4.74 Å². The lowest BCUT2D eigenvalue weighted by Crippen LogP contribution is -2.74. The van der Waals surface area contributed by atoms with Crippen LogP contribution in [0.15, 0.2) is 23.9 Å². The zero-order valence-electron chi connectivity index (χ0n) is 13.4. The number of nitrogens with zero attached hydrogens (tertiary/aromatic N) is 1. The lowest BCUT2D eigenvalue weighted by atomic mass is 9.82. The van der Waals surface area contributed by atoms with Crippen LogP contribution >= 0.6 is 11.8 Å². The molecule has 0 radical (unpaired) electrons. The maximum absolute atomic E-state index is 12.7. The van der Waals surface area contributed by atoms with E-state index in [0.29, 0.717) is 12.1 Å². The SMILES string of the molecule is C=CC[C@@]1(OC)C(=O)N2C(C(=O)C(C)(C)C)=C(C)CS[C@@H]21. The molecule has 0 saturated carbocycles. The average molecular weight is 309 g/mol. The van der Waals surface area contributed by atoms with Crippen LogP contribution in [0.1, 0.15) is 34.1 Å². The molecule has 0 aliphatic carbocycles. The molecule has 2 atom stereocenters. The van der Waals surface area contributed by atoms with Gasteiger partial charge in [-0.2, -0.15) is 0 Å². The van der Waals surface area contributed by atoms with Gasteiger partial charge in [0, 0.05) is 24.7 Å². The van der Waals surface area contributed by atoms with Crippen molar-refractivity contribution in [2.24, 2.45) is 5.41 Å². The summed E-state index contributed by atoms with van der Waals surface area (Å²) >= 11 is 1.65. The van der Waals surface area contributed by atoms with Gasteiger partial charge in [0.1, 0.15) is 5.37 Å². The van der Waals surface area contributed by atoms with Crippen LogP contribution in [0.4, 0.5) is 0 Å². The third-order valence-electron chi connectivity index (χ3n) is 4.03. The highest BCUT2D eigenvalue weighted by Gasteiger charge is 2.64. The Hall–Kier alpha value is -1.07. The minimum absolute atomic E-state index is 0.0157.